The maximum Gasteiger partial charge on any atom is 0.266 e. The van der Waals surface area contributed by atoms with Gasteiger partial charge in [-0.1, -0.05) is 55.0 Å². The number of benzene rings is 2. The van der Waals surface area contributed by atoms with Crippen molar-refractivity contribution in [2.75, 3.05) is 19.0 Å². The van der Waals surface area contributed by atoms with E-state index in [1.54, 1.807) is 24.1 Å². The van der Waals surface area contributed by atoms with Gasteiger partial charge in [-0.3, -0.25) is 14.5 Å². The number of thiocarbonyl (C=S) groups is 1. The molecule has 0 unspecified atom stereocenters. The van der Waals surface area contributed by atoms with E-state index in [1.807, 2.05) is 43.3 Å². The van der Waals surface area contributed by atoms with Gasteiger partial charge in [-0.25, -0.2) is 0 Å². The number of rotatable bonds is 7. The molecule has 1 saturated carbocycles. The number of aryl methyl sites for hydroxylation is 1. The van der Waals surface area contributed by atoms with Crippen molar-refractivity contribution < 1.29 is 19.1 Å². The number of thioether (sulfide) groups is 1. The van der Waals surface area contributed by atoms with Gasteiger partial charge in [-0.05, 0) is 61.2 Å². The summed E-state index contributed by atoms with van der Waals surface area (Å²) in [5.41, 5.74) is 2.59. The van der Waals surface area contributed by atoms with Gasteiger partial charge in [0.1, 0.15) is 4.32 Å². The molecule has 1 aliphatic heterocycles. The number of hydrogen-bond donors (Lipinski definition) is 1. The normalized spacial score (nSPS) is 17.6. The number of carbonyl (C=O) groups is 2. The van der Waals surface area contributed by atoms with E-state index < -0.39 is 0 Å². The van der Waals surface area contributed by atoms with Gasteiger partial charge < -0.3 is 14.8 Å². The minimum absolute atomic E-state index is 0.0241. The number of amides is 2. The van der Waals surface area contributed by atoms with E-state index in [4.69, 9.17) is 21.7 Å². The Balaban J connectivity index is 1.42. The largest absolute Gasteiger partial charge is 0.493 e. The molecule has 172 valence electrons. The number of ether oxygens (including phenoxy) is 2. The molecule has 1 aliphatic carbocycles. The SMILES string of the molecule is COc1cc(C=C2SC(=S)N(C3CCCC3)C2=O)ccc1OCC(=O)Nc1cccc(C)c1. The monoisotopic (exact) mass is 482 g/mol. The van der Waals surface area contributed by atoms with Crippen molar-refractivity contribution >= 4 is 51.9 Å². The molecule has 2 aromatic rings. The zero-order valence-corrected chi connectivity index (χ0v) is 20.3. The zero-order chi connectivity index (χ0) is 23.4. The third-order valence-corrected chi connectivity index (χ3v) is 6.99. The molecule has 0 bridgehead atoms. The summed E-state index contributed by atoms with van der Waals surface area (Å²) < 4.78 is 11.8. The van der Waals surface area contributed by atoms with Gasteiger partial charge in [-0.2, -0.15) is 0 Å². The van der Waals surface area contributed by atoms with Crippen molar-refractivity contribution in [1.82, 2.24) is 4.90 Å². The Kier molecular flexibility index (Phi) is 7.35. The number of anilines is 1. The minimum atomic E-state index is -0.262. The molecule has 2 fully saturated rings. The van der Waals surface area contributed by atoms with Crippen LogP contribution >= 0.6 is 24.0 Å². The molecule has 2 amide bonds. The Labute approximate surface area is 203 Å². The van der Waals surface area contributed by atoms with E-state index >= 15 is 0 Å². The number of carbonyl (C=O) groups excluding carboxylic acids is 2. The van der Waals surface area contributed by atoms with Crippen LogP contribution in [0.25, 0.3) is 6.08 Å². The van der Waals surface area contributed by atoms with Crippen molar-refractivity contribution in [2.45, 2.75) is 38.6 Å². The highest BCUT2D eigenvalue weighted by Crippen LogP contribution is 2.38. The average molecular weight is 483 g/mol. The van der Waals surface area contributed by atoms with Gasteiger partial charge in [0.15, 0.2) is 18.1 Å². The summed E-state index contributed by atoms with van der Waals surface area (Å²) in [5, 5.41) is 2.81. The van der Waals surface area contributed by atoms with Crippen molar-refractivity contribution in [3.63, 3.8) is 0 Å². The van der Waals surface area contributed by atoms with E-state index in [1.165, 1.54) is 11.8 Å². The molecule has 33 heavy (non-hydrogen) atoms. The van der Waals surface area contributed by atoms with Gasteiger partial charge in [0.2, 0.25) is 0 Å². The lowest BCUT2D eigenvalue weighted by Crippen LogP contribution is -2.36. The van der Waals surface area contributed by atoms with Gasteiger partial charge in [0.25, 0.3) is 11.8 Å². The predicted molar refractivity (Wildman–Crippen MR) is 136 cm³/mol. The number of nitrogens with zero attached hydrogens (tertiary/aromatic N) is 1. The molecular formula is C25H26N2O4S2. The number of nitrogens with one attached hydrogen (secondary N) is 1. The highest BCUT2D eigenvalue weighted by atomic mass is 32.2. The highest BCUT2D eigenvalue weighted by molar-refractivity contribution is 8.26. The molecule has 1 N–H and O–H groups in total. The lowest BCUT2D eigenvalue weighted by Gasteiger charge is -2.21. The van der Waals surface area contributed by atoms with E-state index in [0.29, 0.717) is 20.7 Å². The smallest absolute Gasteiger partial charge is 0.266 e. The van der Waals surface area contributed by atoms with Crippen LogP contribution < -0.4 is 14.8 Å². The van der Waals surface area contributed by atoms with Crippen LogP contribution in [0, 0.1) is 6.92 Å². The number of methoxy groups -OCH3 is 1. The van der Waals surface area contributed by atoms with Crippen molar-refractivity contribution in [2.24, 2.45) is 0 Å². The Morgan fingerprint density at radius 3 is 2.73 bits per heavy atom. The summed E-state index contributed by atoms with van der Waals surface area (Å²) in [4.78, 5) is 27.6. The van der Waals surface area contributed by atoms with Crippen LogP contribution in [-0.2, 0) is 9.59 Å². The van der Waals surface area contributed by atoms with E-state index in [0.717, 1.165) is 42.5 Å². The summed E-state index contributed by atoms with van der Waals surface area (Å²) in [6.07, 6.45) is 6.13. The Morgan fingerprint density at radius 1 is 1.21 bits per heavy atom. The second-order valence-electron chi connectivity index (χ2n) is 8.11. The summed E-state index contributed by atoms with van der Waals surface area (Å²) in [6.45, 7) is 1.81. The standard InChI is InChI=1S/C25H26N2O4S2/c1-16-6-5-7-18(12-16)26-23(28)15-31-20-11-10-17(13-21(20)30-2)14-22-24(29)27(25(32)33-22)19-8-3-4-9-19/h5-7,10-14,19H,3-4,8-9,15H2,1-2H3,(H,26,28). The molecule has 0 atom stereocenters. The molecule has 8 heteroatoms. The topological polar surface area (TPSA) is 67.9 Å². The van der Waals surface area contributed by atoms with Crippen molar-refractivity contribution in [3.05, 3.63) is 58.5 Å². The highest BCUT2D eigenvalue weighted by Gasteiger charge is 2.38. The Bertz CT molecular complexity index is 1110. The molecule has 4 rings (SSSR count). The van der Waals surface area contributed by atoms with Crippen LogP contribution in [0.1, 0.15) is 36.8 Å². The van der Waals surface area contributed by atoms with Crippen LogP contribution in [0.2, 0.25) is 0 Å². The fraction of sp³-hybridized carbons (Fsp3) is 0.320. The summed E-state index contributed by atoms with van der Waals surface area (Å²) in [5.74, 6) is 0.650. The molecule has 0 radical (unpaired) electrons. The first kappa shape index (κ1) is 23.3. The first-order valence-electron chi connectivity index (χ1n) is 10.9. The molecule has 1 saturated heterocycles. The Morgan fingerprint density at radius 2 is 2.00 bits per heavy atom. The molecule has 6 nitrogen and oxygen atoms in total. The van der Waals surface area contributed by atoms with E-state index in [2.05, 4.69) is 5.32 Å². The molecular weight excluding hydrogens is 456 g/mol. The first-order valence-corrected chi connectivity index (χ1v) is 12.1. The maximum atomic E-state index is 12.9. The van der Waals surface area contributed by atoms with Crippen LogP contribution in [0.5, 0.6) is 11.5 Å². The summed E-state index contributed by atoms with van der Waals surface area (Å²) >= 11 is 6.82. The van der Waals surface area contributed by atoms with Crippen LogP contribution in [-0.4, -0.2) is 40.8 Å². The van der Waals surface area contributed by atoms with E-state index in [9.17, 15) is 9.59 Å². The Hall–Kier alpha value is -2.84. The molecule has 2 aromatic carbocycles. The third kappa shape index (κ3) is 5.57. The molecule has 1 heterocycles. The van der Waals surface area contributed by atoms with Gasteiger partial charge in [0, 0.05) is 11.7 Å². The fourth-order valence-electron chi connectivity index (χ4n) is 4.06. The lowest BCUT2D eigenvalue weighted by molar-refractivity contribution is -0.123. The second-order valence-corrected chi connectivity index (χ2v) is 9.78. The maximum absolute atomic E-state index is 12.9. The average Bonchev–Trinajstić information content (AvgIpc) is 3.40. The predicted octanol–water partition coefficient (Wildman–Crippen LogP) is 5.16. The number of hydrogen-bond acceptors (Lipinski definition) is 6. The van der Waals surface area contributed by atoms with Gasteiger partial charge in [-0.15, -0.1) is 0 Å². The van der Waals surface area contributed by atoms with Crippen molar-refractivity contribution in [1.29, 1.82) is 0 Å². The lowest BCUT2D eigenvalue weighted by atomic mass is 10.1. The second kappa shape index (κ2) is 10.4. The summed E-state index contributed by atoms with van der Waals surface area (Å²) in [7, 11) is 1.54. The molecule has 0 aromatic heterocycles. The van der Waals surface area contributed by atoms with Crippen LogP contribution in [0.15, 0.2) is 47.4 Å². The first-order chi connectivity index (χ1) is 15.9. The fourth-order valence-corrected chi connectivity index (χ4v) is 5.47. The van der Waals surface area contributed by atoms with E-state index in [-0.39, 0.29) is 24.5 Å². The molecule has 0 spiro atoms. The van der Waals surface area contributed by atoms with Crippen LogP contribution in [0.3, 0.4) is 0 Å². The third-order valence-electron chi connectivity index (χ3n) is 5.66. The molecule has 2 aliphatic rings. The minimum Gasteiger partial charge on any atom is -0.493 e. The van der Waals surface area contributed by atoms with Gasteiger partial charge in [0.05, 0.1) is 12.0 Å². The quantitative estimate of drug-likeness (QED) is 0.434. The summed E-state index contributed by atoms with van der Waals surface area (Å²) in [6, 6.07) is 13.1. The van der Waals surface area contributed by atoms with Crippen molar-refractivity contribution in [3.8, 4) is 11.5 Å². The zero-order valence-electron chi connectivity index (χ0n) is 18.6. The van der Waals surface area contributed by atoms with Crippen LogP contribution in [0.4, 0.5) is 5.69 Å². The van der Waals surface area contributed by atoms with Gasteiger partial charge >= 0.3 is 0 Å².